The van der Waals surface area contributed by atoms with Gasteiger partial charge in [-0.25, -0.2) is 9.37 Å². The molecule has 0 saturated carbocycles. The lowest BCUT2D eigenvalue weighted by Crippen LogP contribution is -2.43. The fourth-order valence-corrected chi connectivity index (χ4v) is 4.23. The molecule has 2 saturated heterocycles. The second-order valence-electron chi connectivity index (χ2n) is 7.63. The molecule has 0 amide bonds. The van der Waals surface area contributed by atoms with E-state index >= 15 is 0 Å². The highest BCUT2D eigenvalue weighted by Crippen LogP contribution is 2.25. The fraction of sp³-hybridized carbons (Fsp3) is 0.524. The number of aromatic nitrogens is 2. The first kappa shape index (κ1) is 20.3. The Kier molecular flexibility index (Phi) is 6.47. The van der Waals surface area contributed by atoms with E-state index in [1.54, 1.807) is 12.1 Å². The Labute approximate surface area is 176 Å². The number of hydrogen-bond donors (Lipinski definition) is 0. The Hall–Kier alpha value is -1.96. The molecule has 0 unspecified atom stereocenters. The highest BCUT2D eigenvalue weighted by Gasteiger charge is 2.25. The number of nitrogens with zero attached hydrogens (tertiary/aromatic N) is 5. The lowest BCUT2D eigenvalue weighted by molar-refractivity contribution is 0.122. The van der Waals surface area contributed by atoms with Gasteiger partial charge >= 0.3 is 0 Å². The van der Waals surface area contributed by atoms with Crippen LogP contribution in [0.2, 0.25) is 5.02 Å². The second kappa shape index (κ2) is 9.24. The van der Waals surface area contributed by atoms with Gasteiger partial charge in [-0.2, -0.15) is 4.98 Å². The van der Waals surface area contributed by atoms with Gasteiger partial charge in [-0.15, -0.1) is 0 Å². The van der Waals surface area contributed by atoms with Gasteiger partial charge < -0.3 is 14.5 Å². The number of piperidine rings is 1. The van der Waals surface area contributed by atoms with Crippen LogP contribution in [-0.4, -0.2) is 67.4 Å². The van der Waals surface area contributed by atoms with E-state index in [-0.39, 0.29) is 5.82 Å². The molecule has 0 spiro atoms. The zero-order chi connectivity index (χ0) is 20.2. The number of halogens is 2. The molecule has 2 aromatic rings. The number of hydrogen-bond acceptors (Lipinski definition) is 6. The molecule has 2 aliphatic heterocycles. The van der Waals surface area contributed by atoms with E-state index in [0.717, 1.165) is 50.8 Å². The summed E-state index contributed by atoms with van der Waals surface area (Å²) in [7, 11) is 2.10. The zero-order valence-electron chi connectivity index (χ0n) is 16.7. The van der Waals surface area contributed by atoms with Crippen LogP contribution in [0.5, 0.6) is 0 Å². The van der Waals surface area contributed by atoms with Crippen molar-refractivity contribution >= 4 is 23.4 Å². The Morgan fingerprint density at radius 1 is 1.17 bits per heavy atom. The third-order valence-corrected chi connectivity index (χ3v) is 6.19. The molecule has 0 atom stereocenters. The minimum absolute atomic E-state index is 0.228. The van der Waals surface area contributed by atoms with Gasteiger partial charge in [0.1, 0.15) is 11.6 Å². The summed E-state index contributed by atoms with van der Waals surface area (Å²) in [5.74, 6) is 1.48. The molecule has 8 heteroatoms. The van der Waals surface area contributed by atoms with Crippen molar-refractivity contribution in [3.8, 4) is 0 Å². The van der Waals surface area contributed by atoms with Crippen molar-refractivity contribution in [2.45, 2.75) is 25.4 Å². The van der Waals surface area contributed by atoms with Crippen molar-refractivity contribution in [2.75, 3.05) is 56.2 Å². The van der Waals surface area contributed by atoms with Crippen molar-refractivity contribution < 1.29 is 9.13 Å². The molecule has 0 aliphatic carbocycles. The third kappa shape index (κ3) is 4.79. The van der Waals surface area contributed by atoms with Crippen LogP contribution >= 0.6 is 11.6 Å². The first-order valence-corrected chi connectivity index (χ1v) is 10.5. The summed E-state index contributed by atoms with van der Waals surface area (Å²) < 4.78 is 19.5. The monoisotopic (exact) mass is 419 g/mol. The summed E-state index contributed by atoms with van der Waals surface area (Å²) in [6.07, 6.45) is 3.83. The SMILES string of the molecule is CN(c1ccnc(N2CCOCC2)n1)C1CCN(Cc2c(F)cccc2Cl)CC1. The number of likely N-dealkylation sites (tertiary alicyclic amines) is 1. The second-order valence-corrected chi connectivity index (χ2v) is 8.04. The molecule has 0 bridgehead atoms. The summed E-state index contributed by atoms with van der Waals surface area (Å²) in [5.41, 5.74) is 0.590. The van der Waals surface area contributed by atoms with Crippen LogP contribution in [0.3, 0.4) is 0 Å². The van der Waals surface area contributed by atoms with Crippen molar-refractivity contribution in [3.63, 3.8) is 0 Å². The summed E-state index contributed by atoms with van der Waals surface area (Å²) in [5, 5.41) is 0.501. The van der Waals surface area contributed by atoms with Gasteiger partial charge in [-0.1, -0.05) is 17.7 Å². The van der Waals surface area contributed by atoms with Crippen LogP contribution in [0.25, 0.3) is 0 Å². The van der Waals surface area contributed by atoms with Crippen molar-refractivity contribution in [1.82, 2.24) is 14.9 Å². The summed E-state index contributed by atoms with van der Waals surface area (Å²) in [6, 6.07) is 7.24. The molecular weight excluding hydrogens is 393 g/mol. The molecule has 156 valence electrons. The molecule has 1 aromatic carbocycles. The Balaban J connectivity index is 1.36. The lowest BCUT2D eigenvalue weighted by atomic mass is 10.0. The molecule has 1 aromatic heterocycles. The quantitative estimate of drug-likeness (QED) is 0.741. The van der Waals surface area contributed by atoms with Crippen LogP contribution in [-0.2, 0) is 11.3 Å². The van der Waals surface area contributed by atoms with E-state index in [9.17, 15) is 4.39 Å². The molecule has 2 aliphatic rings. The van der Waals surface area contributed by atoms with Gasteiger partial charge in [0.25, 0.3) is 0 Å². The van der Waals surface area contributed by atoms with E-state index in [1.165, 1.54) is 6.07 Å². The highest BCUT2D eigenvalue weighted by molar-refractivity contribution is 6.31. The predicted molar refractivity (Wildman–Crippen MR) is 113 cm³/mol. The molecule has 0 N–H and O–H groups in total. The van der Waals surface area contributed by atoms with Crippen LogP contribution in [0.4, 0.5) is 16.2 Å². The lowest BCUT2D eigenvalue weighted by Gasteiger charge is -2.37. The van der Waals surface area contributed by atoms with Gasteiger partial charge in [0.05, 0.1) is 13.2 Å². The Bertz CT molecular complexity index is 804. The van der Waals surface area contributed by atoms with Crippen molar-refractivity contribution in [3.05, 3.63) is 46.9 Å². The van der Waals surface area contributed by atoms with Crippen molar-refractivity contribution in [2.24, 2.45) is 0 Å². The highest BCUT2D eigenvalue weighted by atomic mass is 35.5. The standard InChI is InChI=1S/C21H27ClFN5O/c1-26(20-5-8-24-21(25-20)28-11-13-29-14-12-28)16-6-9-27(10-7-16)15-17-18(22)3-2-4-19(17)23/h2-5,8,16H,6-7,9-15H2,1H3. The molecular formula is C21H27ClFN5O. The third-order valence-electron chi connectivity index (χ3n) is 5.83. The topological polar surface area (TPSA) is 44.7 Å². The number of ether oxygens (including phenoxy) is 1. The van der Waals surface area contributed by atoms with Crippen LogP contribution in [0, 0.1) is 5.82 Å². The average molecular weight is 420 g/mol. The van der Waals surface area contributed by atoms with Gasteiger partial charge in [-0.05, 0) is 31.0 Å². The van der Waals surface area contributed by atoms with Crippen LogP contribution in [0.1, 0.15) is 18.4 Å². The first-order valence-electron chi connectivity index (χ1n) is 10.2. The van der Waals surface area contributed by atoms with E-state index in [1.807, 2.05) is 12.3 Å². The number of anilines is 2. The zero-order valence-corrected chi connectivity index (χ0v) is 17.5. The van der Waals surface area contributed by atoms with Crippen LogP contribution < -0.4 is 9.80 Å². The van der Waals surface area contributed by atoms with E-state index in [2.05, 4.69) is 26.7 Å². The van der Waals surface area contributed by atoms with Gasteiger partial charge in [0, 0.05) is 62.6 Å². The summed E-state index contributed by atoms with van der Waals surface area (Å²) >= 11 is 6.19. The molecule has 2 fully saturated rings. The van der Waals surface area contributed by atoms with Crippen molar-refractivity contribution in [1.29, 1.82) is 0 Å². The maximum Gasteiger partial charge on any atom is 0.227 e. The Morgan fingerprint density at radius 3 is 2.66 bits per heavy atom. The number of morpholine rings is 1. The maximum absolute atomic E-state index is 14.1. The molecule has 0 radical (unpaired) electrons. The minimum atomic E-state index is -0.228. The number of rotatable bonds is 5. The van der Waals surface area contributed by atoms with Gasteiger partial charge in [0.2, 0.25) is 5.95 Å². The summed E-state index contributed by atoms with van der Waals surface area (Å²) in [4.78, 5) is 15.9. The minimum Gasteiger partial charge on any atom is -0.378 e. The van der Waals surface area contributed by atoms with Gasteiger partial charge in [0.15, 0.2) is 0 Å². The molecule has 6 nitrogen and oxygen atoms in total. The van der Waals surface area contributed by atoms with E-state index in [4.69, 9.17) is 21.3 Å². The maximum atomic E-state index is 14.1. The fourth-order valence-electron chi connectivity index (χ4n) is 4.01. The van der Waals surface area contributed by atoms with Gasteiger partial charge in [-0.3, -0.25) is 4.90 Å². The normalized spacial score (nSPS) is 18.8. The first-order chi connectivity index (χ1) is 14.1. The van der Waals surface area contributed by atoms with Crippen LogP contribution in [0.15, 0.2) is 30.5 Å². The largest absolute Gasteiger partial charge is 0.378 e. The molecule has 3 heterocycles. The predicted octanol–water partition coefficient (Wildman–Crippen LogP) is 3.21. The average Bonchev–Trinajstić information content (AvgIpc) is 2.77. The molecule has 29 heavy (non-hydrogen) atoms. The summed E-state index contributed by atoms with van der Waals surface area (Å²) in [6.45, 7) is 5.44. The van der Waals surface area contributed by atoms with E-state index < -0.39 is 0 Å². The van der Waals surface area contributed by atoms with E-state index in [0.29, 0.717) is 36.4 Å². The smallest absolute Gasteiger partial charge is 0.227 e. The Morgan fingerprint density at radius 2 is 1.93 bits per heavy atom. The number of benzene rings is 1. The molecule has 4 rings (SSSR count).